The predicted molar refractivity (Wildman–Crippen MR) is 133 cm³/mol. The summed E-state index contributed by atoms with van der Waals surface area (Å²) in [6.07, 6.45) is 0. The Balaban J connectivity index is 1.94. The van der Waals surface area contributed by atoms with Gasteiger partial charge in [0.1, 0.15) is 0 Å². The fraction of sp³-hybridized carbons (Fsp3) is 0.167. The van der Waals surface area contributed by atoms with Gasteiger partial charge >= 0.3 is 184 Å². The Morgan fingerprint density at radius 2 is 1.18 bits per heavy atom. The summed E-state index contributed by atoms with van der Waals surface area (Å²) in [4.78, 5) is 12.3. The molecule has 0 amide bonds. The van der Waals surface area contributed by atoms with Crippen LogP contribution in [0.25, 0.3) is 9.75 Å². The van der Waals surface area contributed by atoms with Gasteiger partial charge in [0, 0.05) is 0 Å². The van der Waals surface area contributed by atoms with Gasteiger partial charge in [-0.15, -0.1) is 0 Å². The van der Waals surface area contributed by atoms with Crippen LogP contribution < -0.4 is 20.5 Å². The van der Waals surface area contributed by atoms with Crippen molar-refractivity contribution in [2.24, 2.45) is 0 Å². The first-order valence-electron chi connectivity index (χ1n) is 9.79. The van der Waals surface area contributed by atoms with Crippen LogP contribution in [0.5, 0.6) is 0 Å². The molecule has 4 aromatic rings. The molecule has 1 aliphatic heterocycles. The first kappa shape index (κ1) is 19.2. The molecule has 0 fully saturated rings. The maximum absolute atomic E-state index is 2.91. The van der Waals surface area contributed by atoms with E-state index >= 15 is 0 Å². The van der Waals surface area contributed by atoms with Crippen LogP contribution >= 0.6 is 22.7 Å². The topological polar surface area (TPSA) is 0 Å². The number of hydrogen-bond donors (Lipinski definition) is 0. The molecule has 0 unspecified atom stereocenters. The molecular weight excluding hydrogens is 544 g/mol. The fourth-order valence-electron chi connectivity index (χ4n) is 4.48. The van der Waals surface area contributed by atoms with E-state index in [1.165, 1.54) is 4.88 Å². The Hall–Kier alpha value is -0.818. The molecule has 0 radical (unpaired) electrons. The number of rotatable bonds is 3. The van der Waals surface area contributed by atoms with E-state index in [-0.39, 0.29) is 0 Å². The Morgan fingerprint density at radius 3 is 1.71 bits per heavy atom. The summed E-state index contributed by atoms with van der Waals surface area (Å²) >= 11 is -0.910. The van der Waals surface area contributed by atoms with Crippen molar-refractivity contribution in [1.82, 2.24) is 0 Å². The number of aryl methyl sites for hydroxylation is 1. The average molecular weight is 568 g/mol. The standard InChI is InChI=1S/C21H15GeS2.3CH3.Sn/c1-15-14-19-21(24-15)20-18(12-13-23-20)22(19,16-8-4-2-5-9-16)17-10-6-3-7-11-17;;;;/h2-12,14H,1H3;3*1H3;. The van der Waals surface area contributed by atoms with Crippen molar-refractivity contribution in [3.05, 3.63) is 77.7 Å². The van der Waals surface area contributed by atoms with Crippen LogP contribution in [-0.2, 0) is 0 Å². The summed E-state index contributed by atoms with van der Waals surface area (Å²) in [5.41, 5.74) is 0. The molecule has 4 heteroatoms. The summed E-state index contributed by atoms with van der Waals surface area (Å²) in [5, 5.41) is 0. The van der Waals surface area contributed by atoms with Crippen LogP contribution in [0.1, 0.15) is 4.88 Å². The molecule has 0 saturated heterocycles. The molecule has 28 heavy (non-hydrogen) atoms. The zero-order chi connectivity index (χ0) is 19.5. The third kappa shape index (κ3) is 2.75. The molecule has 0 spiro atoms. The number of benzene rings is 2. The van der Waals surface area contributed by atoms with Gasteiger partial charge in [0.25, 0.3) is 0 Å². The van der Waals surface area contributed by atoms with Gasteiger partial charge in [0.15, 0.2) is 0 Å². The molecule has 0 bridgehead atoms. The van der Waals surface area contributed by atoms with Crippen LogP contribution in [-0.4, -0.2) is 31.6 Å². The van der Waals surface area contributed by atoms with Gasteiger partial charge in [-0.2, -0.15) is 0 Å². The summed E-state index contributed by atoms with van der Waals surface area (Å²) in [6.45, 7) is 2.28. The molecule has 0 saturated carbocycles. The molecular formula is C24H24GeS2Sn. The summed E-state index contributed by atoms with van der Waals surface area (Å²) in [7, 11) is 0. The number of thiophene rings is 2. The van der Waals surface area contributed by atoms with E-state index in [0.29, 0.717) is 0 Å². The van der Waals surface area contributed by atoms with Gasteiger partial charge < -0.3 is 0 Å². The van der Waals surface area contributed by atoms with Gasteiger partial charge in [-0.25, -0.2) is 0 Å². The second-order valence-electron chi connectivity index (χ2n) is 8.69. The average Bonchev–Trinajstić information content (AvgIpc) is 3.33. The predicted octanol–water partition coefficient (Wildman–Crippen LogP) is 4.02. The van der Waals surface area contributed by atoms with Crippen LogP contribution in [0.3, 0.4) is 0 Å². The molecule has 0 aliphatic carbocycles. The van der Waals surface area contributed by atoms with Gasteiger partial charge in [-0.3, -0.25) is 0 Å². The number of fused-ring (bicyclic) bond motifs is 3. The van der Waals surface area contributed by atoms with Gasteiger partial charge in [0.05, 0.1) is 0 Å². The molecule has 2 aromatic heterocycles. The molecule has 140 valence electrons. The van der Waals surface area contributed by atoms with Crippen LogP contribution in [0.2, 0.25) is 14.8 Å². The van der Waals surface area contributed by atoms with Crippen molar-refractivity contribution in [2.75, 3.05) is 0 Å². The molecule has 0 atom stereocenters. The summed E-state index contributed by atoms with van der Waals surface area (Å²) in [5.74, 6) is 0. The van der Waals surface area contributed by atoms with Gasteiger partial charge in [-0.1, -0.05) is 0 Å². The molecule has 5 rings (SSSR count). The molecule has 3 heterocycles. The van der Waals surface area contributed by atoms with E-state index in [1.807, 2.05) is 11.3 Å². The van der Waals surface area contributed by atoms with Crippen molar-refractivity contribution in [1.29, 1.82) is 0 Å². The molecule has 1 aliphatic rings. The van der Waals surface area contributed by atoms with Gasteiger partial charge in [-0.05, 0) is 0 Å². The first-order chi connectivity index (χ1) is 13.4. The minimum absolute atomic E-state index is 1.45. The maximum atomic E-state index is 2.66. The molecule has 0 nitrogen and oxygen atoms in total. The second kappa shape index (κ2) is 6.86. The number of hydrogen-bond acceptors (Lipinski definition) is 2. The zero-order valence-corrected chi connectivity index (χ0v) is 23.3. The SMILES string of the molecule is Cc1c[c]2c(s1)-c1s[c]([Sn]([CH3])([CH3])[CH3])c[c]1[Ge]2([c]1ccccc1)[c]1ccccc1. The monoisotopic (exact) mass is 570 g/mol. The Kier molecular flexibility index (Phi) is 4.70. The quantitative estimate of drug-likeness (QED) is 0.289. The van der Waals surface area contributed by atoms with Crippen molar-refractivity contribution in [3.8, 4) is 9.75 Å². The zero-order valence-electron chi connectivity index (χ0n) is 16.7. The fourth-order valence-corrected chi connectivity index (χ4v) is 26.2. The molecule has 0 N–H and O–H groups in total. The second-order valence-corrected chi connectivity index (χ2v) is 34.2. The summed E-state index contributed by atoms with van der Waals surface area (Å²) < 4.78 is 8.22. The normalized spacial score (nSPS) is 14.7. The Labute approximate surface area is 182 Å². The minimum atomic E-state index is -2.91. The van der Waals surface area contributed by atoms with E-state index in [9.17, 15) is 0 Å². The Morgan fingerprint density at radius 1 is 0.679 bits per heavy atom. The van der Waals surface area contributed by atoms with Crippen LogP contribution in [0, 0.1) is 6.92 Å². The van der Waals surface area contributed by atoms with E-state index in [1.54, 1.807) is 30.2 Å². The van der Waals surface area contributed by atoms with E-state index in [4.69, 9.17) is 0 Å². The molecule has 2 aromatic carbocycles. The Bertz CT molecular complexity index is 1110. The van der Waals surface area contributed by atoms with E-state index in [2.05, 4.69) is 106 Å². The van der Waals surface area contributed by atoms with E-state index in [0.717, 1.165) is 0 Å². The summed E-state index contributed by atoms with van der Waals surface area (Å²) in [6, 6.07) is 28.0. The first-order valence-corrected chi connectivity index (χ1v) is 25.6. The van der Waals surface area contributed by atoms with Crippen molar-refractivity contribution < 1.29 is 0 Å². The van der Waals surface area contributed by atoms with Crippen LogP contribution in [0.4, 0.5) is 0 Å². The van der Waals surface area contributed by atoms with E-state index < -0.39 is 31.6 Å². The van der Waals surface area contributed by atoms with Crippen LogP contribution in [0.15, 0.2) is 72.8 Å². The van der Waals surface area contributed by atoms with Crippen molar-refractivity contribution in [2.45, 2.75) is 21.7 Å². The van der Waals surface area contributed by atoms with Crippen molar-refractivity contribution in [3.63, 3.8) is 0 Å². The third-order valence-corrected chi connectivity index (χ3v) is 28.4. The van der Waals surface area contributed by atoms with Gasteiger partial charge in [0.2, 0.25) is 0 Å². The third-order valence-electron chi connectivity index (χ3n) is 5.75. The van der Waals surface area contributed by atoms with Crippen molar-refractivity contribution >= 4 is 74.8 Å².